The summed E-state index contributed by atoms with van der Waals surface area (Å²) in [4.78, 5) is 6.12. The zero-order valence-electron chi connectivity index (χ0n) is 7.73. The van der Waals surface area contributed by atoms with Gasteiger partial charge >= 0.3 is 0 Å². The van der Waals surface area contributed by atoms with Crippen LogP contribution >= 0.6 is 0 Å². The first kappa shape index (κ1) is 8.56. The predicted octanol–water partition coefficient (Wildman–Crippen LogP) is 1.01. The number of anilines is 1. The quantitative estimate of drug-likeness (QED) is 0.755. The first-order valence-corrected chi connectivity index (χ1v) is 4.56. The van der Waals surface area contributed by atoms with Crippen LogP contribution in [-0.4, -0.2) is 23.7 Å². The lowest BCUT2D eigenvalue weighted by Gasteiger charge is -2.12. The zero-order valence-corrected chi connectivity index (χ0v) is 7.73. The molecule has 0 aliphatic heterocycles. The van der Waals surface area contributed by atoms with Gasteiger partial charge in [0.05, 0.1) is 6.61 Å². The second-order valence-electron chi connectivity index (χ2n) is 3.60. The molecule has 1 aliphatic rings. The van der Waals surface area contributed by atoms with E-state index in [0.717, 1.165) is 12.5 Å². The van der Waals surface area contributed by atoms with Crippen molar-refractivity contribution < 1.29 is 9.52 Å². The summed E-state index contributed by atoms with van der Waals surface area (Å²) in [5.74, 6) is 0.814. The molecule has 1 aliphatic carbocycles. The Bertz CT molecular complexity index is 281. The van der Waals surface area contributed by atoms with Crippen molar-refractivity contribution in [3.63, 3.8) is 0 Å². The molecular weight excluding hydrogens is 168 g/mol. The van der Waals surface area contributed by atoms with E-state index in [0.29, 0.717) is 11.7 Å². The van der Waals surface area contributed by atoms with E-state index < -0.39 is 0 Å². The minimum absolute atomic E-state index is 0.0548. The van der Waals surface area contributed by atoms with E-state index in [1.54, 1.807) is 0 Å². The fourth-order valence-corrected chi connectivity index (χ4v) is 1.31. The summed E-state index contributed by atoms with van der Waals surface area (Å²) in [6.07, 6.45) is 4.13. The molecule has 0 atom stereocenters. The summed E-state index contributed by atoms with van der Waals surface area (Å²) in [5.41, 5.74) is 0.595. The second-order valence-corrected chi connectivity index (χ2v) is 3.60. The van der Waals surface area contributed by atoms with Crippen LogP contribution in [0.15, 0.2) is 10.7 Å². The van der Waals surface area contributed by atoms with Crippen molar-refractivity contribution in [1.29, 1.82) is 0 Å². The molecule has 0 bridgehead atoms. The smallest absolute Gasteiger partial charge is 0.297 e. The standard InChI is InChI=1S/C9H14N2O2/c1-11(4-7-2-3-7)9-10-8(5-12)6-13-9/h6-7,12H,2-5H2,1H3. The zero-order chi connectivity index (χ0) is 9.26. The van der Waals surface area contributed by atoms with Crippen molar-refractivity contribution in [3.05, 3.63) is 12.0 Å². The molecule has 13 heavy (non-hydrogen) atoms. The topological polar surface area (TPSA) is 49.5 Å². The molecule has 0 spiro atoms. The first-order chi connectivity index (χ1) is 6.29. The van der Waals surface area contributed by atoms with Gasteiger partial charge in [0, 0.05) is 13.6 Å². The molecule has 0 unspecified atom stereocenters. The van der Waals surface area contributed by atoms with Crippen molar-refractivity contribution in [2.75, 3.05) is 18.5 Å². The summed E-state index contributed by atoms with van der Waals surface area (Å²) in [5, 5.41) is 8.79. The van der Waals surface area contributed by atoms with Crippen molar-refractivity contribution in [1.82, 2.24) is 4.98 Å². The van der Waals surface area contributed by atoms with E-state index in [9.17, 15) is 0 Å². The lowest BCUT2D eigenvalue weighted by molar-refractivity contribution is 0.276. The minimum atomic E-state index is -0.0548. The number of aromatic nitrogens is 1. The average molecular weight is 182 g/mol. The van der Waals surface area contributed by atoms with Crippen LogP contribution in [-0.2, 0) is 6.61 Å². The number of aliphatic hydroxyl groups is 1. The van der Waals surface area contributed by atoms with Gasteiger partial charge in [-0.25, -0.2) is 0 Å². The van der Waals surface area contributed by atoms with Crippen LogP contribution in [0.2, 0.25) is 0 Å². The molecule has 4 heteroatoms. The number of nitrogens with zero attached hydrogens (tertiary/aromatic N) is 2. The van der Waals surface area contributed by atoms with E-state index in [1.165, 1.54) is 19.1 Å². The third-order valence-corrected chi connectivity index (χ3v) is 2.26. The molecule has 4 nitrogen and oxygen atoms in total. The largest absolute Gasteiger partial charge is 0.432 e. The summed E-state index contributed by atoms with van der Waals surface area (Å²) in [6, 6.07) is 0.607. The number of oxazole rings is 1. The lowest BCUT2D eigenvalue weighted by Crippen LogP contribution is -2.20. The van der Waals surface area contributed by atoms with Crippen LogP contribution in [0.5, 0.6) is 0 Å². The summed E-state index contributed by atoms with van der Waals surface area (Å²) >= 11 is 0. The van der Waals surface area contributed by atoms with Crippen LogP contribution in [0.3, 0.4) is 0 Å². The van der Waals surface area contributed by atoms with E-state index in [4.69, 9.17) is 9.52 Å². The van der Waals surface area contributed by atoms with Gasteiger partial charge in [-0.3, -0.25) is 0 Å². The Morgan fingerprint density at radius 2 is 2.46 bits per heavy atom. The number of hydrogen-bond donors (Lipinski definition) is 1. The Balaban J connectivity index is 1.96. The molecule has 1 saturated carbocycles. The Hall–Kier alpha value is -1.03. The highest BCUT2D eigenvalue weighted by Crippen LogP contribution is 2.30. The third kappa shape index (κ3) is 2.01. The monoisotopic (exact) mass is 182 g/mol. The Labute approximate surface area is 77.2 Å². The summed E-state index contributed by atoms with van der Waals surface area (Å²) in [6.45, 7) is 0.951. The van der Waals surface area contributed by atoms with Crippen molar-refractivity contribution in [2.24, 2.45) is 5.92 Å². The number of aliphatic hydroxyl groups excluding tert-OH is 1. The molecule has 1 heterocycles. The number of hydrogen-bond acceptors (Lipinski definition) is 4. The van der Waals surface area contributed by atoms with Crippen LogP contribution < -0.4 is 4.90 Å². The van der Waals surface area contributed by atoms with E-state index >= 15 is 0 Å². The molecular formula is C9H14N2O2. The Morgan fingerprint density at radius 1 is 1.69 bits per heavy atom. The molecule has 0 aromatic carbocycles. The highest BCUT2D eigenvalue weighted by atomic mass is 16.4. The van der Waals surface area contributed by atoms with E-state index in [-0.39, 0.29) is 6.61 Å². The third-order valence-electron chi connectivity index (χ3n) is 2.26. The summed E-state index contributed by atoms with van der Waals surface area (Å²) < 4.78 is 5.20. The van der Waals surface area contributed by atoms with Gasteiger partial charge in [0.1, 0.15) is 12.0 Å². The van der Waals surface area contributed by atoms with Crippen molar-refractivity contribution in [2.45, 2.75) is 19.4 Å². The molecule has 1 aromatic rings. The van der Waals surface area contributed by atoms with Gasteiger partial charge in [-0.1, -0.05) is 0 Å². The van der Waals surface area contributed by atoms with Crippen LogP contribution in [0.4, 0.5) is 6.01 Å². The molecule has 1 aromatic heterocycles. The fourth-order valence-electron chi connectivity index (χ4n) is 1.31. The minimum Gasteiger partial charge on any atom is -0.432 e. The maximum absolute atomic E-state index is 8.79. The average Bonchev–Trinajstić information content (AvgIpc) is 2.82. The van der Waals surface area contributed by atoms with Gasteiger partial charge in [0.15, 0.2) is 0 Å². The summed E-state index contributed by atoms with van der Waals surface area (Å²) in [7, 11) is 1.96. The van der Waals surface area contributed by atoms with Gasteiger partial charge < -0.3 is 14.4 Å². The fraction of sp³-hybridized carbons (Fsp3) is 0.667. The molecule has 2 rings (SSSR count). The maximum atomic E-state index is 8.79. The van der Waals surface area contributed by atoms with Crippen LogP contribution in [0, 0.1) is 5.92 Å². The molecule has 1 N–H and O–H groups in total. The molecule has 72 valence electrons. The molecule has 0 saturated heterocycles. The van der Waals surface area contributed by atoms with Gasteiger partial charge in [-0.15, -0.1) is 0 Å². The SMILES string of the molecule is CN(CC1CC1)c1nc(CO)co1. The molecule has 1 fully saturated rings. The predicted molar refractivity (Wildman–Crippen MR) is 48.4 cm³/mol. The van der Waals surface area contributed by atoms with Gasteiger partial charge in [0.25, 0.3) is 6.01 Å². The van der Waals surface area contributed by atoms with Crippen LogP contribution in [0.1, 0.15) is 18.5 Å². The maximum Gasteiger partial charge on any atom is 0.297 e. The van der Waals surface area contributed by atoms with E-state index in [1.807, 2.05) is 11.9 Å². The highest BCUT2D eigenvalue weighted by molar-refractivity contribution is 5.25. The molecule has 0 radical (unpaired) electrons. The van der Waals surface area contributed by atoms with Crippen LogP contribution in [0.25, 0.3) is 0 Å². The van der Waals surface area contributed by atoms with Crippen molar-refractivity contribution in [3.8, 4) is 0 Å². The highest BCUT2D eigenvalue weighted by Gasteiger charge is 2.24. The molecule has 0 amide bonds. The Morgan fingerprint density at radius 3 is 3.00 bits per heavy atom. The number of rotatable bonds is 4. The van der Waals surface area contributed by atoms with E-state index in [2.05, 4.69) is 4.98 Å². The van der Waals surface area contributed by atoms with Gasteiger partial charge in [-0.05, 0) is 18.8 Å². The second kappa shape index (κ2) is 3.38. The van der Waals surface area contributed by atoms with Crippen molar-refractivity contribution >= 4 is 6.01 Å². The Kier molecular flexibility index (Phi) is 2.22. The normalized spacial score (nSPS) is 16.2. The van der Waals surface area contributed by atoms with Gasteiger partial charge in [0.2, 0.25) is 0 Å². The lowest BCUT2D eigenvalue weighted by atomic mass is 10.4. The first-order valence-electron chi connectivity index (χ1n) is 4.56. The van der Waals surface area contributed by atoms with Gasteiger partial charge in [-0.2, -0.15) is 4.98 Å².